The van der Waals surface area contributed by atoms with Gasteiger partial charge in [-0.15, -0.1) is 24.0 Å². The van der Waals surface area contributed by atoms with Crippen molar-refractivity contribution in [2.24, 2.45) is 4.99 Å². The fraction of sp³-hybridized carbons (Fsp3) is 0.500. The zero-order chi connectivity index (χ0) is 15.0. The predicted molar refractivity (Wildman–Crippen MR) is 96.2 cm³/mol. The topological polar surface area (TPSA) is 48.9 Å². The van der Waals surface area contributed by atoms with Crippen molar-refractivity contribution in [3.8, 4) is 0 Å². The number of halogens is 2. The molecular weight excluding hydrogens is 386 g/mol. The van der Waals surface area contributed by atoms with Gasteiger partial charge in [0.2, 0.25) is 0 Å². The quantitative estimate of drug-likeness (QED) is 0.325. The van der Waals surface area contributed by atoms with Gasteiger partial charge in [-0.3, -0.25) is 4.99 Å². The van der Waals surface area contributed by atoms with Gasteiger partial charge in [-0.05, 0) is 17.7 Å². The van der Waals surface area contributed by atoms with Gasteiger partial charge in [0.05, 0.1) is 12.3 Å². The van der Waals surface area contributed by atoms with Crippen molar-refractivity contribution in [2.45, 2.75) is 6.54 Å². The number of hydrogen-bond donors (Lipinski definition) is 2. The molecule has 5 nitrogen and oxygen atoms in total. The highest BCUT2D eigenvalue weighted by Gasteiger charge is 2.05. The molecule has 1 rings (SSSR count). The first-order chi connectivity index (χ1) is 9.58. The summed E-state index contributed by atoms with van der Waals surface area (Å²) in [6.07, 6.45) is 0. The van der Waals surface area contributed by atoms with Crippen molar-refractivity contribution in [1.29, 1.82) is 0 Å². The summed E-state index contributed by atoms with van der Waals surface area (Å²) < 4.78 is 18.8. The first-order valence-corrected chi connectivity index (χ1v) is 6.47. The Bertz CT molecular complexity index is 455. The molecule has 1 aromatic rings. The summed E-state index contributed by atoms with van der Waals surface area (Å²) in [5, 5.41) is 6.22. The van der Waals surface area contributed by atoms with E-state index in [1.54, 1.807) is 25.1 Å². The summed E-state index contributed by atoms with van der Waals surface area (Å²) in [5.41, 5.74) is 1.44. The van der Waals surface area contributed by atoms with E-state index in [1.807, 2.05) is 20.2 Å². The third kappa shape index (κ3) is 6.94. The Kier molecular flexibility index (Phi) is 10.1. The number of guanidine groups is 1. The maximum absolute atomic E-state index is 13.8. The lowest BCUT2D eigenvalue weighted by molar-refractivity contribution is 0.203. The number of nitrogens with one attached hydrogen (secondary N) is 2. The maximum Gasteiger partial charge on any atom is 0.191 e. The lowest BCUT2D eigenvalue weighted by Crippen LogP contribution is -2.38. The summed E-state index contributed by atoms with van der Waals surface area (Å²) in [5.74, 6) is 0.441. The van der Waals surface area contributed by atoms with Crippen LogP contribution in [0.15, 0.2) is 23.2 Å². The van der Waals surface area contributed by atoms with Crippen molar-refractivity contribution in [2.75, 3.05) is 46.3 Å². The summed E-state index contributed by atoms with van der Waals surface area (Å²) >= 11 is 0. The van der Waals surface area contributed by atoms with E-state index in [2.05, 4.69) is 15.6 Å². The van der Waals surface area contributed by atoms with Crippen LogP contribution in [0.5, 0.6) is 0 Å². The van der Waals surface area contributed by atoms with Crippen LogP contribution in [0.25, 0.3) is 0 Å². The van der Waals surface area contributed by atoms with Gasteiger partial charge in [0.15, 0.2) is 5.96 Å². The molecule has 0 unspecified atom stereocenters. The van der Waals surface area contributed by atoms with E-state index in [9.17, 15) is 4.39 Å². The first kappa shape index (κ1) is 19.9. The molecule has 0 saturated heterocycles. The van der Waals surface area contributed by atoms with Crippen LogP contribution in [0.2, 0.25) is 0 Å². The van der Waals surface area contributed by atoms with Gasteiger partial charge >= 0.3 is 0 Å². The number of benzene rings is 1. The third-order valence-corrected chi connectivity index (χ3v) is 2.78. The second-order valence-electron chi connectivity index (χ2n) is 4.53. The molecule has 0 heterocycles. The minimum atomic E-state index is -0.225. The number of anilines is 1. The highest BCUT2D eigenvalue weighted by Crippen LogP contribution is 2.18. The molecule has 0 aliphatic heterocycles. The average Bonchev–Trinajstić information content (AvgIpc) is 2.42. The van der Waals surface area contributed by atoms with Crippen molar-refractivity contribution < 1.29 is 9.13 Å². The molecule has 2 N–H and O–H groups in total. The molecule has 1 aromatic carbocycles. The van der Waals surface area contributed by atoms with E-state index in [4.69, 9.17) is 4.74 Å². The van der Waals surface area contributed by atoms with Crippen molar-refractivity contribution in [3.05, 3.63) is 29.6 Å². The van der Waals surface area contributed by atoms with Crippen LogP contribution in [0.3, 0.4) is 0 Å². The Labute approximate surface area is 143 Å². The molecule has 0 bridgehead atoms. The highest BCUT2D eigenvalue weighted by molar-refractivity contribution is 14.0. The Morgan fingerprint density at radius 3 is 2.57 bits per heavy atom. The normalized spacial score (nSPS) is 10.8. The molecule has 0 aliphatic rings. The van der Waals surface area contributed by atoms with Gasteiger partial charge in [-0.1, -0.05) is 6.07 Å². The lowest BCUT2D eigenvalue weighted by Gasteiger charge is -2.15. The standard InChI is InChI=1S/C14H23FN4O.HI/c1-16-14(17-7-8-20-4)18-10-11-5-6-13(19(2)3)12(15)9-11;/h5-6,9H,7-8,10H2,1-4H3,(H2,16,17,18);1H. The van der Waals surface area contributed by atoms with Crippen LogP contribution in [-0.4, -0.2) is 47.4 Å². The van der Waals surface area contributed by atoms with Gasteiger partial charge in [0.1, 0.15) is 5.82 Å². The van der Waals surface area contributed by atoms with Crippen LogP contribution < -0.4 is 15.5 Å². The Hall–Kier alpha value is -1.09. The van der Waals surface area contributed by atoms with Crippen LogP contribution in [0.1, 0.15) is 5.56 Å². The number of ether oxygens (including phenoxy) is 1. The third-order valence-electron chi connectivity index (χ3n) is 2.78. The van der Waals surface area contributed by atoms with Crippen LogP contribution in [0.4, 0.5) is 10.1 Å². The van der Waals surface area contributed by atoms with Gasteiger partial charge in [0, 0.05) is 41.3 Å². The van der Waals surface area contributed by atoms with E-state index < -0.39 is 0 Å². The molecule has 0 aliphatic carbocycles. The highest BCUT2D eigenvalue weighted by atomic mass is 127. The first-order valence-electron chi connectivity index (χ1n) is 6.47. The minimum Gasteiger partial charge on any atom is -0.383 e. The second kappa shape index (κ2) is 10.6. The summed E-state index contributed by atoms with van der Waals surface area (Å²) in [6.45, 7) is 1.79. The Morgan fingerprint density at radius 1 is 1.33 bits per heavy atom. The molecule has 0 radical (unpaired) electrons. The fourth-order valence-electron chi connectivity index (χ4n) is 1.70. The predicted octanol–water partition coefficient (Wildman–Crippen LogP) is 1.82. The van der Waals surface area contributed by atoms with Gasteiger partial charge in [0.25, 0.3) is 0 Å². The summed E-state index contributed by atoms with van der Waals surface area (Å²) in [6, 6.07) is 5.20. The SMILES string of the molecule is CN=C(NCCOC)NCc1ccc(N(C)C)c(F)c1.I. The molecule has 7 heteroatoms. The monoisotopic (exact) mass is 410 g/mol. The van der Waals surface area contributed by atoms with E-state index >= 15 is 0 Å². The maximum atomic E-state index is 13.8. The second-order valence-corrected chi connectivity index (χ2v) is 4.53. The van der Waals surface area contributed by atoms with Gasteiger partial charge < -0.3 is 20.3 Å². The number of rotatable bonds is 6. The molecule has 0 amide bonds. The van der Waals surface area contributed by atoms with Gasteiger partial charge in [-0.2, -0.15) is 0 Å². The smallest absolute Gasteiger partial charge is 0.191 e. The van der Waals surface area contributed by atoms with Crippen molar-refractivity contribution in [1.82, 2.24) is 10.6 Å². The van der Waals surface area contributed by atoms with E-state index in [1.165, 1.54) is 6.07 Å². The molecule has 0 spiro atoms. The van der Waals surface area contributed by atoms with Crippen LogP contribution in [-0.2, 0) is 11.3 Å². The van der Waals surface area contributed by atoms with Gasteiger partial charge in [-0.25, -0.2) is 4.39 Å². The zero-order valence-electron chi connectivity index (χ0n) is 12.9. The summed E-state index contributed by atoms with van der Waals surface area (Å²) in [7, 11) is 6.97. The van der Waals surface area contributed by atoms with Crippen LogP contribution >= 0.6 is 24.0 Å². The average molecular weight is 410 g/mol. The van der Waals surface area contributed by atoms with Crippen LogP contribution in [0, 0.1) is 5.82 Å². The molecule has 0 atom stereocenters. The lowest BCUT2D eigenvalue weighted by atomic mass is 10.2. The number of nitrogens with zero attached hydrogens (tertiary/aromatic N) is 2. The van der Waals surface area contributed by atoms with E-state index in [0.717, 1.165) is 5.56 Å². The molecule has 120 valence electrons. The largest absolute Gasteiger partial charge is 0.383 e. The molecule has 0 fully saturated rings. The van der Waals surface area contributed by atoms with Crippen molar-refractivity contribution >= 4 is 35.6 Å². The van der Waals surface area contributed by atoms with E-state index in [-0.39, 0.29) is 29.8 Å². The number of methoxy groups -OCH3 is 1. The Balaban J connectivity index is 0.00000400. The molecular formula is C14H24FIN4O. The zero-order valence-corrected chi connectivity index (χ0v) is 15.3. The fourth-order valence-corrected chi connectivity index (χ4v) is 1.70. The number of hydrogen-bond acceptors (Lipinski definition) is 3. The van der Waals surface area contributed by atoms with Crippen molar-refractivity contribution in [3.63, 3.8) is 0 Å². The molecule has 0 saturated carbocycles. The minimum absolute atomic E-state index is 0. The number of aliphatic imine (C=N–C) groups is 1. The Morgan fingerprint density at radius 2 is 2.05 bits per heavy atom. The molecule has 21 heavy (non-hydrogen) atoms. The van der Waals surface area contributed by atoms with E-state index in [0.29, 0.717) is 31.3 Å². The summed E-state index contributed by atoms with van der Waals surface area (Å²) in [4.78, 5) is 5.83. The molecule has 0 aromatic heterocycles.